The number of hydrogen-bond acceptors (Lipinski definition) is 5. The molecule has 1 fully saturated rings. The van der Waals surface area contributed by atoms with Gasteiger partial charge in [-0.05, 0) is 0 Å². The van der Waals surface area contributed by atoms with Gasteiger partial charge in [0.1, 0.15) is 0 Å². The number of nitrogens with zero attached hydrogens (tertiary/aromatic N) is 1. The number of H-pyrrole nitrogens is 1. The van der Waals surface area contributed by atoms with Gasteiger partial charge in [0.25, 0.3) is 0 Å². The number of benzene rings is 3. The Hall–Kier alpha value is -3.26. The first-order chi connectivity index (χ1) is 18.2. The van der Waals surface area contributed by atoms with Gasteiger partial charge in [-0.15, -0.1) is 0 Å². The van der Waals surface area contributed by atoms with Crippen LogP contribution in [0.3, 0.4) is 0 Å². The SMILES string of the molecule is O=c1ccn([C@@H]2OC[C@@H](OCc3ccccc3)[C@@H](OCc3ccccc3)[C@H]2[Se]c2ccccc2)c(=O)[nH]1. The van der Waals surface area contributed by atoms with Crippen molar-refractivity contribution in [1.82, 2.24) is 9.55 Å². The summed E-state index contributed by atoms with van der Waals surface area (Å²) < 4.78 is 21.9. The first-order valence-corrected chi connectivity index (χ1v) is 14.0. The zero-order chi connectivity index (χ0) is 25.5. The van der Waals surface area contributed by atoms with Crippen LogP contribution in [0.15, 0.2) is 113 Å². The number of ether oxygens (including phenoxy) is 3. The summed E-state index contributed by atoms with van der Waals surface area (Å²) in [7, 11) is 0. The van der Waals surface area contributed by atoms with E-state index in [1.54, 1.807) is 0 Å². The zero-order valence-corrected chi connectivity index (χ0v) is 21.9. The van der Waals surface area contributed by atoms with Gasteiger partial charge in [0.15, 0.2) is 0 Å². The van der Waals surface area contributed by atoms with Crippen LogP contribution in [0.25, 0.3) is 0 Å². The van der Waals surface area contributed by atoms with Crippen LogP contribution in [-0.2, 0) is 27.4 Å². The molecule has 1 aliphatic heterocycles. The second-order valence-corrected chi connectivity index (χ2v) is 11.4. The topological polar surface area (TPSA) is 82.5 Å². The molecule has 4 atom stereocenters. The van der Waals surface area contributed by atoms with Crippen LogP contribution in [0.2, 0.25) is 4.82 Å². The number of rotatable bonds is 9. The summed E-state index contributed by atoms with van der Waals surface area (Å²) in [6.07, 6.45) is 0.206. The summed E-state index contributed by atoms with van der Waals surface area (Å²) in [5.41, 5.74) is 1.17. The number of hydrogen-bond donors (Lipinski definition) is 1. The molecule has 3 aromatic carbocycles. The Balaban J connectivity index is 1.48. The van der Waals surface area contributed by atoms with Crippen molar-refractivity contribution in [3.8, 4) is 0 Å². The van der Waals surface area contributed by atoms with Gasteiger partial charge >= 0.3 is 221 Å². The molecule has 0 radical (unpaired) electrons. The van der Waals surface area contributed by atoms with Crippen LogP contribution in [0.1, 0.15) is 17.4 Å². The second-order valence-electron chi connectivity index (χ2n) is 8.73. The molecule has 37 heavy (non-hydrogen) atoms. The van der Waals surface area contributed by atoms with Crippen LogP contribution < -0.4 is 15.7 Å². The maximum atomic E-state index is 12.8. The van der Waals surface area contributed by atoms with E-state index in [1.807, 2.05) is 78.9 Å². The molecule has 2 heterocycles. The molecule has 1 aromatic heterocycles. The van der Waals surface area contributed by atoms with Crippen molar-refractivity contribution in [1.29, 1.82) is 0 Å². The first-order valence-electron chi connectivity index (χ1n) is 12.1. The summed E-state index contributed by atoms with van der Waals surface area (Å²) in [4.78, 5) is 26.7. The van der Waals surface area contributed by atoms with E-state index in [9.17, 15) is 9.59 Å². The van der Waals surface area contributed by atoms with Gasteiger partial charge in [-0.1, -0.05) is 0 Å². The Bertz CT molecular complexity index is 1380. The molecule has 1 N–H and O–H groups in total. The Morgan fingerprint density at radius 3 is 2.03 bits per heavy atom. The number of aromatic nitrogens is 2. The molecule has 0 saturated carbocycles. The van der Waals surface area contributed by atoms with Crippen molar-refractivity contribution in [3.63, 3.8) is 0 Å². The van der Waals surface area contributed by atoms with Crippen LogP contribution in [-0.4, -0.2) is 43.3 Å². The van der Waals surface area contributed by atoms with E-state index in [4.69, 9.17) is 14.2 Å². The Labute approximate surface area is 221 Å². The molecule has 0 spiro atoms. The first kappa shape index (κ1) is 25.4. The van der Waals surface area contributed by atoms with Gasteiger partial charge in [-0.2, -0.15) is 0 Å². The van der Waals surface area contributed by atoms with Crippen molar-refractivity contribution in [2.45, 2.75) is 36.5 Å². The third-order valence-electron chi connectivity index (χ3n) is 6.14. The molecule has 0 aliphatic carbocycles. The Morgan fingerprint density at radius 1 is 0.811 bits per heavy atom. The van der Waals surface area contributed by atoms with E-state index < -0.39 is 17.5 Å². The summed E-state index contributed by atoms with van der Waals surface area (Å²) >= 11 is -0.127. The van der Waals surface area contributed by atoms with E-state index in [0.29, 0.717) is 13.2 Å². The Morgan fingerprint density at radius 2 is 1.41 bits per heavy atom. The third-order valence-corrected chi connectivity index (χ3v) is 8.90. The molecule has 0 unspecified atom stereocenters. The minimum atomic E-state index is -0.609. The fraction of sp³-hybridized carbons (Fsp3) is 0.241. The van der Waals surface area contributed by atoms with E-state index >= 15 is 0 Å². The van der Waals surface area contributed by atoms with Crippen molar-refractivity contribution in [3.05, 3.63) is 135 Å². The van der Waals surface area contributed by atoms with Gasteiger partial charge in [-0.3, -0.25) is 0 Å². The fourth-order valence-corrected chi connectivity index (χ4v) is 7.11. The van der Waals surface area contributed by atoms with Crippen molar-refractivity contribution < 1.29 is 14.2 Å². The molecule has 4 aromatic rings. The monoisotopic (exact) mass is 564 g/mol. The van der Waals surface area contributed by atoms with Crippen LogP contribution in [0.4, 0.5) is 0 Å². The van der Waals surface area contributed by atoms with E-state index in [2.05, 4.69) is 17.1 Å². The molecule has 5 rings (SSSR count). The van der Waals surface area contributed by atoms with Gasteiger partial charge in [0.2, 0.25) is 0 Å². The molecule has 0 bridgehead atoms. The molecule has 7 nitrogen and oxygen atoms in total. The summed E-state index contributed by atoms with van der Waals surface area (Å²) in [5, 5.41) is 0. The van der Waals surface area contributed by atoms with Gasteiger partial charge in [0, 0.05) is 0 Å². The molecule has 1 aliphatic rings. The zero-order valence-electron chi connectivity index (χ0n) is 20.1. The Kier molecular flexibility index (Phi) is 8.46. The van der Waals surface area contributed by atoms with E-state index in [1.165, 1.54) is 16.8 Å². The molecular weight excluding hydrogens is 535 g/mol. The van der Waals surface area contributed by atoms with E-state index in [-0.39, 0.29) is 38.6 Å². The fourth-order valence-electron chi connectivity index (χ4n) is 4.29. The normalized spacial score (nSPS) is 21.5. The van der Waals surface area contributed by atoms with Gasteiger partial charge < -0.3 is 0 Å². The molecule has 8 heteroatoms. The molecular formula is C29H28N2O5Se. The molecule has 1 saturated heterocycles. The van der Waals surface area contributed by atoms with Crippen molar-refractivity contribution >= 4 is 19.4 Å². The van der Waals surface area contributed by atoms with Crippen LogP contribution in [0, 0.1) is 0 Å². The summed E-state index contributed by atoms with van der Waals surface area (Å²) in [6, 6.07) is 31.5. The second kappa shape index (κ2) is 12.3. The quantitative estimate of drug-likeness (QED) is 0.317. The molecule has 0 amide bonds. The van der Waals surface area contributed by atoms with Crippen LogP contribution in [0.5, 0.6) is 0 Å². The molecule has 190 valence electrons. The summed E-state index contributed by atoms with van der Waals surface area (Å²) in [5.74, 6) is 0. The summed E-state index contributed by atoms with van der Waals surface area (Å²) in [6.45, 7) is 1.09. The van der Waals surface area contributed by atoms with Gasteiger partial charge in [-0.25, -0.2) is 0 Å². The average molecular weight is 564 g/mol. The van der Waals surface area contributed by atoms with E-state index in [0.717, 1.165) is 15.6 Å². The van der Waals surface area contributed by atoms with Crippen molar-refractivity contribution in [2.24, 2.45) is 0 Å². The average Bonchev–Trinajstić information content (AvgIpc) is 2.93. The predicted molar refractivity (Wildman–Crippen MR) is 142 cm³/mol. The minimum absolute atomic E-state index is 0.127. The maximum absolute atomic E-state index is 12.8. The van der Waals surface area contributed by atoms with Crippen molar-refractivity contribution in [2.75, 3.05) is 6.61 Å². The standard InChI is InChI=1S/C29H28N2O5Se/c32-25-16-17-31(29(33)30-25)28-27(37-23-14-8-3-9-15-23)26(35-19-22-12-6-2-7-13-22)24(20-36-28)34-18-21-10-4-1-5-11-21/h1-17,24,26-28H,18-20H2,(H,30,32,33)/t24-,26-,27-,28-/m1/s1. The van der Waals surface area contributed by atoms with Gasteiger partial charge in [0.05, 0.1) is 0 Å². The predicted octanol–water partition coefficient (Wildman–Crippen LogP) is 3.05. The third kappa shape index (κ3) is 6.55. The van der Waals surface area contributed by atoms with Crippen LogP contribution >= 0.6 is 0 Å². The number of nitrogens with one attached hydrogen (secondary N) is 1. The number of aromatic amines is 1.